The van der Waals surface area contributed by atoms with Crippen molar-refractivity contribution in [2.75, 3.05) is 26.2 Å². The minimum Gasteiger partial charge on any atom is -0.336 e. The molecule has 2 aliphatic rings. The van der Waals surface area contributed by atoms with Crippen molar-refractivity contribution in [3.8, 4) is 0 Å². The third-order valence-electron chi connectivity index (χ3n) is 3.11. The van der Waals surface area contributed by atoms with E-state index in [1.807, 2.05) is 0 Å². The van der Waals surface area contributed by atoms with Crippen LogP contribution in [-0.2, 0) is 10.2 Å². The Morgan fingerprint density at radius 3 is 2.31 bits per heavy atom. The highest BCUT2D eigenvalue weighted by Crippen LogP contribution is 2.19. The molecular weight excluding hydrogens is 232 g/mol. The molecule has 2 fully saturated rings. The molecule has 2 heterocycles. The zero-order valence-corrected chi connectivity index (χ0v) is 9.74. The number of carbonyl (C=O) groups excluding carboxylic acids is 1. The molecule has 0 aromatic carbocycles. The van der Waals surface area contributed by atoms with E-state index in [2.05, 4.69) is 5.32 Å². The van der Waals surface area contributed by atoms with Gasteiger partial charge in [-0.2, -0.15) is 12.7 Å². The second-order valence-corrected chi connectivity index (χ2v) is 5.65. The Morgan fingerprint density at radius 2 is 1.88 bits per heavy atom. The molecule has 0 saturated carbocycles. The molecule has 2 rings (SSSR count). The number of rotatable bonds is 2. The van der Waals surface area contributed by atoms with Crippen LogP contribution in [0.5, 0.6) is 0 Å². The Hall–Kier alpha value is -0.860. The average Bonchev–Trinajstić information content (AvgIpc) is 2.63. The van der Waals surface area contributed by atoms with Crippen molar-refractivity contribution in [3.05, 3.63) is 0 Å². The van der Waals surface area contributed by atoms with Crippen molar-refractivity contribution < 1.29 is 13.2 Å². The number of hydrogen-bond acceptors (Lipinski definition) is 3. The van der Waals surface area contributed by atoms with Gasteiger partial charge in [0.2, 0.25) is 0 Å². The van der Waals surface area contributed by atoms with Crippen molar-refractivity contribution in [2.45, 2.75) is 18.9 Å². The van der Waals surface area contributed by atoms with Gasteiger partial charge in [0.15, 0.2) is 0 Å². The van der Waals surface area contributed by atoms with E-state index >= 15 is 0 Å². The molecule has 0 aliphatic carbocycles. The first-order chi connectivity index (χ1) is 7.48. The molecular formula is C8H16N4O3S. The second-order valence-electron chi connectivity index (χ2n) is 4.10. The molecule has 16 heavy (non-hydrogen) atoms. The predicted octanol–water partition coefficient (Wildman–Crippen LogP) is -1.32. The Kier molecular flexibility index (Phi) is 3.04. The zero-order chi connectivity index (χ0) is 11.8. The SMILES string of the molecule is NS(=O)(=O)N1CCC(N2CCNC2=O)CC1. The van der Waals surface area contributed by atoms with Gasteiger partial charge in [0.05, 0.1) is 0 Å². The third kappa shape index (κ3) is 2.28. The minimum atomic E-state index is -3.57. The van der Waals surface area contributed by atoms with Crippen molar-refractivity contribution in [1.82, 2.24) is 14.5 Å². The fourth-order valence-electron chi connectivity index (χ4n) is 2.24. The monoisotopic (exact) mass is 248 g/mol. The van der Waals surface area contributed by atoms with E-state index in [1.165, 1.54) is 4.31 Å². The minimum absolute atomic E-state index is 0.0472. The van der Waals surface area contributed by atoms with Gasteiger partial charge in [0.1, 0.15) is 0 Å². The van der Waals surface area contributed by atoms with Gasteiger partial charge in [-0.15, -0.1) is 0 Å². The molecule has 7 nitrogen and oxygen atoms in total. The zero-order valence-electron chi connectivity index (χ0n) is 8.92. The molecule has 2 amide bonds. The van der Waals surface area contributed by atoms with Gasteiger partial charge in [0.25, 0.3) is 10.2 Å². The number of amides is 2. The van der Waals surface area contributed by atoms with E-state index < -0.39 is 10.2 Å². The summed E-state index contributed by atoms with van der Waals surface area (Å²) in [6.07, 6.45) is 1.31. The summed E-state index contributed by atoms with van der Waals surface area (Å²) in [4.78, 5) is 13.2. The summed E-state index contributed by atoms with van der Waals surface area (Å²) < 4.78 is 23.4. The van der Waals surface area contributed by atoms with Gasteiger partial charge in [0, 0.05) is 32.2 Å². The first-order valence-electron chi connectivity index (χ1n) is 5.31. The molecule has 0 spiro atoms. The average molecular weight is 248 g/mol. The van der Waals surface area contributed by atoms with Gasteiger partial charge in [-0.1, -0.05) is 0 Å². The Bertz CT molecular complexity index is 375. The lowest BCUT2D eigenvalue weighted by molar-refractivity contribution is 0.167. The smallest absolute Gasteiger partial charge is 0.317 e. The summed E-state index contributed by atoms with van der Waals surface area (Å²) in [5.74, 6) is 0. The number of nitrogens with one attached hydrogen (secondary N) is 1. The van der Waals surface area contributed by atoms with Gasteiger partial charge in [-0.3, -0.25) is 0 Å². The summed E-state index contributed by atoms with van der Waals surface area (Å²) in [6, 6.07) is 0.0922. The number of piperidine rings is 1. The van der Waals surface area contributed by atoms with Crippen LogP contribution in [0.4, 0.5) is 4.79 Å². The predicted molar refractivity (Wildman–Crippen MR) is 57.8 cm³/mol. The van der Waals surface area contributed by atoms with Gasteiger partial charge in [-0.05, 0) is 12.8 Å². The molecule has 8 heteroatoms. The van der Waals surface area contributed by atoms with E-state index in [1.54, 1.807) is 4.90 Å². The van der Waals surface area contributed by atoms with Crippen LogP contribution in [0, 0.1) is 0 Å². The molecule has 2 aliphatic heterocycles. The van der Waals surface area contributed by atoms with E-state index in [0.717, 1.165) is 0 Å². The van der Waals surface area contributed by atoms with E-state index in [-0.39, 0.29) is 12.1 Å². The van der Waals surface area contributed by atoms with Crippen LogP contribution in [0.1, 0.15) is 12.8 Å². The fraction of sp³-hybridized carbons (Fsp3) is 0.875. The molecule has 92 valence electrons. The molecule has 2 saturated heterocycles. The summed E-state index contributed by atoms with van der Waals surface area (Å²) in [7, 11) is -3.57. The van der Waals surface area contributed by atoms with Gasteiger partial charge < -0.3 is 10.2 Å². The number of urea groups is 1. The highest BCUT2D eigenvalue weighted by atomic mass is 32.2. The standard InChI is InChI=1S/C8H16N4O3S/c9-16(14,15)11-4-1-7(2-5-11)12-6-3-10-8(12)13/h7H,1-6H2,(H,10,13)(H2,9,14,15). The highest BCUT2D eigenvalue weighted by Gasteiger charge is 2.32. The van der Waals surface area contributed by atoms with Crippen LogP contribution in [-0.4, -0.2) is 55.9 Å². The summed E-state index contributed by atoms with van der Waals surface area (Å²) >= 11 is 0. The third-order valence-corrected chi connectivity index (χ3v) is 4.20. The quantitative estimate of drug-likeness (QED) is 0.634. The first kappa shape index (κ1) is 11.6. The number of nitrogens with zero attached hydrogens (tertiary/aromatic N) is 2. The molecule has 0 radical (unpaired) electrons. The van der Waals surface area contributed by atoms with Gasteiger partial charge in [-0.25, -0.2) is 9.93 Å². The number of carbonyl (C=O) groups is 1. The van der Waals surface area contributed by atoms with Crippen molar-refractivity contribution >= 4 is 16.2 Å². The van der Waals surface area contributed by atoms with Crippen LogP contribution >= 0.6 is 0 Å². The van der Waals surface area contributed by atoms with E-state index in [9.17, 15) is 13.2 Å². The van der Waals surface area contributed by atoms with Crippen molar-refractivity contribution in [3.63, 3.8) is 0 Å². The molecule has 0 aromatic rings. The Balaban J connectivity index is 1.92. The first-order valence-corrected chi connectivity index (χ1v) is 6.81. The lowest BCUT2D eigenvalue weighted by atomic mass is 10.1. The summed E-state index contributed by atoms with van der Waals surface area (Å²) in [5, 5.41) is 7.78. The van der Waals surface area contributed by atoms with Crippen LogP contribution in [0.3, 0.4) is 0 Å². The van der Waals surface area contributed by atoms with Gasteiger partial charge >= 0.3 is 6.03 Å². The molecule has 3 N–H and O–H groups in total. The van der Waals surface area contributed by atoms with Crippen LogP contribution in [0.15, 0.2) is 0 Å². The maximum atomic E-state index is 11.4. The van der Waals surface area contributed by atoms with E-state index in [4.69, 9.17) is 5.14 Å². The summed E-state index contributed by atoms with van der Waals surface area (Å²) in [5.41, 5.74) is 0. The van der Waals surface area contributed by atoms with Crippen LogP contribution in [0.25, 0.3) is 0 Å². The van der Waals surface area contributed by atoms with Crippen molar-refractivity contribution in [1.29, 1.82) is 0 Å². The summed E-state index contributed by atoms with van der Waals surface area (Å²) in [6.45, 7) is 2.17. The maximum Gasteiger partial charge on any atom is 0.317 e. The second kappa shape index (κ2) is 4.19. The number of nitrogens with two attached hydrogens (primary N) is 1. The number of hydrogen-bond donors (Lipinski definition) is 2. The highest BCUT2D eigenvalue weighted by molar-refractivity contribution is 7.86. The molecule has 0 aromatic heterocycles. The Labute approximate surface area is 94.7 Å². The van der Waals surface area contributed by atoms with Crippen LogP contribution in [0.2, 0.25) is 0 Å². The Morgan fingerprint density at radius 1 is 1.25 bits per heavy atom. The van der Waals surface area contributed by atoms with Crippen LogP contribution < -0.4 is 10.5 Å². The maximum absolute atomic E-state index is 11.4. The largest absolute Gasteiger partial charge is 0.336 e. The normalized spacial score (nSPS) is 24.8. The topological polar surface area (TPSA) is 95.7 Å². The lowest BCUT2D eigenvalue weighted by Gasteiger charge is -2.34. The van der Waals surface area contributed by atoms with Crippen molar-refractivity contribution in [2.24, 2.45) is 5.14 Å². The molecule has 0 bridgehead atoms. The molecule has 0 atom stereocenters. The van der Waals surface area contributed by atoms with E-state index in [0.29, 0.717) is 39.0 Å². The molecule has 0 unspecified atom stereocenters. The lowest BCUT2D eigenvalue weighted by Crippen LogP contribution is -2.49. The fourth-order valence-corrected chi connectivity index (χ4v) is 2.96.